The summed E-state index contributed by atoms with van der Waals surface area (Å²) >= 11 is 0. The molecule has 1 saturated heterocycles. The molecule has 172 valence electrons. The molecule has 0 bridgehead atoms. The summed E-state index contributed by atoms with van der Waals surface area (Å²) in [6.45, 7) is 1.43. The van der Waals surface area contributed by atoms with Gasteiger partial charge in [-0.1, -0.05) is 6.07 Å². The molecular formula is C18H25N3O10. The summed E-state index contributed by atoms with van der Waals surface area (Å²) < 4.78 is 10.4. The van der Waals surface area contributed by atoms with Crippen molar-refractivity contribution in [1.82, 2.24) is 15.5 Å². The fourth-order valence-electron chi connectivity index (χ4n) is 2.59. The topological polar surface area (TPSA) is 195 Å². The Morgan fingerprint density at radius 2 is 1.77 bits per heavy atom. The predicted octanol–water partition coefficient (Wildman–Crippen LogP) is -2.24. The van der Waals surface area contributed by atoms with E-state index in [1.54, 1.807) is 31.3 Å². The molecule has 1 aromatic rings. The number of carboxylic acid groups (broad SMARTS) is 2. The molecule has 1 fully saturated rings. The fourth-order valence-corrected chi connectivity index (χ4v) is 2.59. The first kappa shape index (κ1) is 25.6. The van der Waals surface area contributed by atoms with Crippen LogP contribution in [0.2, 0.25) is 0 Å². The van der Waals surface area contributed by atoms with Crippen molar-refractivity contribution < 1.29 is 49.1 Å². The molecule has 1 heterocycles. The highest BCUT2D eigenvalue weighted by Crippen LogP contribution is 2.31. The second kappa shape index (κ2) is 12.3. The molecule has 13 nitrogen and oxygen atoms in total. The number of aliphatic hydroxyl groups excluding tert-OH is 2. The summed E-state index contributed by atoms with van der Waals surface area (Å²) in [5.74, 6) is -2.43. The monoisotopic (exact) mass is 443 g/mol. The van der Waals surface area contributed by atoms with E-state index in [1.807, 2.05) is 6.07 Å². The molecule has 1 aliphatic rings. The van der Waals surface area contributed by atoms with Gasteiger partial charge in [0.25, 0.3) is 0 Å². The van der Waals surface area contributed by atoms with Crippen molar-refractivity contribution in [2.75, 3.05) is 34.0 Å². The Hall–Kier alpha value is -3.42. The van der Waals surface area contributed by atoms with Crippen LogP contribution in [0.25, 0.3) is 0 Å². The van der Waals surface area contributed by atoms with Crippen LogP contribution in [0.1, 0.15) is 11.6 Å². The zero-order valence-corrected chi connectivity index (χ0v) is 16.8. The summed E-state index contributed by atoms with van der Waals surface area (Å²) in [5.41, 5.74) is 0.799. The molecule has 3 unspecified atom stereocenters. The van der Waals surface area contributed by atoms with Crippen molar-refractivity contribution in [3.05, 3.63) is 23.8 Å². The summed E-state index contributed by atoms with van der Waals surface area (Å²) in [4.78, 5) is 43.9. The van der Waals surface area contributed by atoms with Gasteiger partial charge in [-0.05, 0) is 17.7 Å². The minimum Gasteiger partial charge on any atom is -0.493 e. The summed E-state index contributed by atoms with van der Waals surface area (Å²) in [5, 5.41) is 38.2. The number of methoxy groups -OCH3 is 2. The first-order valence-corrected chi connectivity index (χ1v) is 8.90. The van der Waals surface area contributed by atoms with Crippen molar-refractivity contribution >= 4 is 24.3 Å². The van der Waals surface area contributed by atoms with Gasteiger partial charge in [-0.3, -0.25) is 9.59 Å². The lowest BCUT2D eigenvalue weighted by Gasteiger charge is -2.33. The van der Waals surface area contributed by atoms with E-state index in [2.05, 4.69) is 10.6 Å². The number of carbonyl (C=O) groups is 4. The first-order chi connectivity index (χ1) is 14.7. The second-order valence-electron chi connectivity index (χ2n) is 6.15. The number of benzene rings is 1. The molecule has 0 spiro atoms. The number of aliphatic carboxylic acids is 2. The minimum atomic E-state index is -2.27. The summed E-state index contributed by atoms with van der Waals surface area (Å²) in [6.07, 6.45) is -3.95. The van der Waals surface area contributed by atoms with E-state index in [-0.39, 0.29) is 12.6 Å². The lowest BCUT2D eigenvalue weighted by molar-refractivity contribution is -0.165. The maximum atomic E-state index is 12.4. The maximum Gasteiger partial charge on any atom is 0.335 e. The molecule has 2 amide bonds. The molecule has 2 rings (SSSR count). The van der Waals surface area contributed by atoms with Crippen LogP contribution in [0.5, 0.6) is 11.5 Å². The van der Waals surface area contributed by atoms with E-state index in [0.29, 0.717) is 31.0 Å². The number of amides is 2. The largest absolute Gasteiger partial charge is 0.493 e. The van der Waals surface area contributed by atoms with E-state index in [0.717, 1.165) is 5.56 Å². The van der Waals surface area contributed by atoms with Gasteiger partial charge >= 0.3 is 11.9 Å². The van der Waals surface area contributed by atoms with Crippen LogP contribution in [0.15, 0.2) is 18.2 Å². The van der Waals surface area contributed by atoms with E-state index >= 15 is 0 Å². The lowest BCUT2D eigenvalue weighted by Crippen LogP contribution is -2.52. The Bertz CT molecular complexity index is 770. The summed E-state index contributed by atoms with van der Waals surface area (Å²) in [7, 11) is 3.12. The molecule has 31 heavy (non-hydrogen) atoms. The van der Waals surface area contributed by atoms with Gasteiger partial charge in [0.15, 0.2) is 23.7 Å². The van der Waals surface area contributed by atoms with Gasteiger partial charge in [0, 0.05) is 13.1 Å². The van der Waals surface area contributed by atoms with Gasteiger partial charge in [-0.15, -0.1) is 0 Å². The molecule has 6 N–H and O–H groups in total. The highest BCUT2D eigenvalue weighted by atomic mass is 16.5. The first-order valence-electron chi connectivity index (χ1n) is 8.90. The molecule has 3 atom stereocenters. The number of piperazine rings is 1. The van der Waals surface area contributed by atoms with Crippen LogP contribution in [-0.2, 0) is 19.2 Å². The molecule has 0 aromatic heterocycles. The van der Waals surface area contributed by atoms with Crippen molar-refractivity contribution in [3.63, 3.8) is 0 Å². The summed E-state index contributed by atoms with van der Waals surface area (Å²) in [6, 6.07) is 4.93. The van der Waals surface area contributed by atoms with Crippen LogP contribution in [-0.4, -0.2) is 95.8 Å². The Morgan fingerprint density at radius 1 is 1.19 bits per heavy atom. The molecule has 1 aromatic carbocycles. The minimum absolute atomic E-state index is 0.0807. The number of hydrogen-bond acceptors (Lipinski definition) is 9. The third-order valence-electron chi connectivity index (χ3n) is 4.20. The van der Waals surface area contributed by atoms with Crippen LogP contribution < -0.4 is 20.1 Å². The van der Waals surface area contributed by atoms with Crippen LogP contribution >= 0.6 is 0 Å². The number of nitrogens with zero attached hydrogens (tertiary/aromatic N) is 1. The van der Waals surface area contributed by atoms with Crippen LogP contribution in [0.3, 0.4) is 0 Å². The van der Waals surface area contributed by atoms with Gasteiger partial charge in [-0.2, -0.15) is 0 Å². The smallest absolute Gasteiger partial charge is 0.335 e. The predicted molar refractivity (Wildman–Crippen MR) is 103 cm³/mol. The Balaban J connectivity index is 0.000000407. The molecule has 0 radical (unpaired) electrons. The van der Waals surface area contributed by atoms with E-state index in [4.69, 9.17) is 29.9 Å². The third-order valence-corrected chi connectivity index (χ3v) is 4.20. The molecule has 0 aliphatic carbocycles. The fraction of sp³-hybridized carbons (Fsp3) is 0.444. The highest BCUT2D eigenvalue weighted by molar-refractivity contribution is 5.84. The molecule has 13 heteroatoms. The van der Waals surface area contributed by atoms with Crippen LogP contribution in [0, 0.1) is 0 Å². The van der Waals surface area contributed by atoms with E-state index < -0.39 is 30.2 Å². The number of rotatable bonds is 9. The van der Waals surface area contributed by atoms with Crippen molar-refractivity contribution in [1.29, 1.82) is 0 Å². The SMILES string of the molecule is COc1ccc(C2NCCN(CNC=O)C2=O)cc1OC.O=C(O)C(O)C(O)C(=O)O. The second-order valence-corrected chi connectivity index (χ2v) is 6.15. The van der Waals surface area contributed by atoms with Gasteiger partial charge in [0.2, 0.25) is 12.3 Å². The van der Waals surface area contributed by atoms with Gasteiger partial charge < -0.3 is 45.4 Å². The standard InChI is InChI=1S/C14H19N3O4.C4H6O6/c1-20-11-4-3-10(7-12(11)21-2)13-14(19)17(6-5-16-13)8-15-9-18;5-1(3(7)8)2(6)4(9)10/h3-4,7,9,13,16H,5-6,8H2,1-2H3,(H,15,18);1-2,5-6H,(H,7,8)(H,9,10). The Kier molecular flexibility index (Phi) is 10.2. The number of carboxylic acids is 2. The number of aliphatic hydroxyl groups is 2. The van der Waals surface area contributed by atoms with E-state index in [9.17, 15) is 19.2 Å². The molecule has 0 saturated carbocycles. The molecule has 1 aliphatic heterocycles. The molecular weight excluding hydrogens is 418 g/mol. The van der Waals surface area contributed by atoms with Crippen molar-refractivity contribution in [3.8, 4) is 11.5 Å². The number of carbonyl (C=O) groups excluding carboxylic acids is 2. The van der Waals surface area contributed by atoms with Crippen molar-refractivity contribution in [2.45, 2.75) is 18.2 Å². The van der Waals surface area contributed by atoms with Gasteiger partial charge in [0.1, 0.15) is 6.04 Å². The number of ether oxygens (including phenoxy) is 2. The van der Waals surface area contributed by atoms with Gasteiger partial charge in [0.05, 0.1) is 20.9 Å². The number of nitrogens with one attached hydrogen (secondary N) is 2. The van der Waals surface area contributed by atoms with Gasteiger partial charge in [-0.25, -0.2) is 9.59 Å². The van der Waals surface area contributed by atoms with Crippen molar-refractivity contribution in [2.24, 2.45) is 0 Å². The Labute approximate surface area is 177 Å². The maximum absolute atomic E-state index is 12.4. The van der Waals surface area contributed by atoms with E-state index in [1.165, 1.54) is 0 Å². The third kappa shape index (κ3) is 7.09. The average molecular weight is 443 g/mol. The lowest BCUT2D eigenvalue weighted by atomic mass is 10.0. The number of hydrogen-bond donors (Lipinski definition) is 6. The van der Waals surface area contributed by atoms with Crippen LogP contribution in [0.4, 0.5) is 0 Å². The Morgan fingerprint density at radius 3 is 2.26 bits per heavy atom. The normalized spacial score (nSPS) is 17.5. The quantitative estimate of drug-likeness (QED) is 0.226. The zero-order chi connectivity index (χ0) is 23.6. The zero-order valence-electron chi connectivity index (χ0n) is 16.8. The highest BCUT2D eigenvalue weighted by Gasteiger charge is 2.30. The average Bonchev–Trinajstić information content (AvgIpc) is 2.77.